The Labute approximate surface area is 102 Å². The van der Waals surface area contributed by atoms with Crippen LogP contribution in [0.15, 0.2) is 10.6 Å². The van der Waals surface area contributed by atoms with Gasteiger partial charge in [-0.25, -0.2) is 9.78 Å². The minimum absolute atomic E-state index is 0.410. The quantitative estimate of drug-likeness (QED) is 0.877. The third-order valence-corrected chi connectivity index (χ3v) is 1.94. The second-order valence-electron chi connectivity index (χ2n) is 4.75. The Kier molecular flexibility index (Phi) is 4.54. The summed E-state index contributed by atoms with van der Waals surface area (Å²) >= 11 is 0. The van der Waals surface area contributed by atoms with Crippen LogP contribution < -0.4 is 5.32 Å². The number of rotatable bonds is 4. The number of hydrogen-bond acceptors (Lipinski definition) is 4. The Morgan fingerprint density at radius 3 is 2.76 bits per heavy atom. The molecule has 5 heteroatoms. The number of amides is 1. The van der Waals surface area contributed by atoms with Crippen molar-refractivity contribution in [1.29, 1.82) is 0 Å². The lowest BCUT2D eigenvalue weighted by Gasteiger charge is -2.19. The first-order valence-corrected chi connectivity index (χ1v) is 5.81. The van der Waals surface area contributed by atoms with Gasteiger partial charge >= 0.3 is 6.09 Å². The first-order valence-electron chi connectivity index (χ1n) is 5.81. The van der Waals surface area contributed by atoms with Crippen molar-refractivity contribution in [2.24, 2.45) is 0 Å². The molecule has 1 amide bonds. The molecule has 0 aliphatic carbocycles. The summed E-state index contributed by atoms with van der Waals surface area (Å²) in [6.45, 7) is 7.95. The van der Waals surface area contributed by atoms with Crippen molar-refractivity contribution < 1.29 is 13.9 Å². The number of carbonyl (C=O) groups is 1. The van der Waals surface area contributed by atoms with Crippen molar-refractivity contribution in [3.63, 3.8) is 0 Å². The minimum Gasteiger partial charge on any atom is -0.446 e. The number of nitrogens with zero attached hydrogens (tertiary/aromatic N) is 1. The van der Waals surface area contributed by atoms with E-state index in [1.165, 1.54) is 0 Å². The van der Waals surface area contributed by atoms with Crippen LogP contribution in [0.1, 0.15) is 39.3 Å². The zero-order chi connectivity index (χ0) is 12.9. The topological polar surface area (TPSA) is 64.4 Å². The van der Waals surface area contributed by atoms with E-state index in [4.69, 9.17) is 9.15 Å². The van der Waals surface area contributed by atoms with Gasteiger partial charge in [-0.05, 0) is 20.8 Å². The molecule has 1 heterocycles. The summed E-state index contributed by atoms with van der Waals surface area (Å²) in [6, 6.07) is 0. The predicted octanol–water partition coefficient (Wildman–Crippen LogP) is 2.30. The normalized spacial score (nSPS) is 11.3. The van der Waals surface area contributed by atoms with Crippen molar-refractivity contribution >= 4 is 6.09 Å². The lowest BCUT2D eigenvalue weighted by atomic mass is 10.2. The van der Waals surface area contributed by atoms with Crippen molar-refractivity contribution in [1.82, 2.24) is 10.3 Å². The SMILES string of the molecule is CCc1ncc(CCNC(=O)OC(C)(C)C)o1. The molecule has 0 aliphatic rings. The number of oxazole rings is 1. The van der Waals surface area contributed by atoms with Gasteiger partial charge in [0.1, 0.15) is 11.4 Å². The van der Waals surface area contributed by atoms with E-state index in [0.29, 0.717) is 13.0 Å². The fourth-order valence-corrected chi connectivity index (χ4v) is 1.23. The summed E-state index contributed by atoms with van der Waals surface area (Å²) in [5.74, 6) is 1.50. The van der Waals surface area contributed by atoms with Crippen molar-refractivity contribution in [3.8, 4) is 0 Å². The molecule has 0 saturated heterocycles. The molecule has 0 atom stereocenters. The van der Waals surface area contributed by atoms with Crippen LogP contribution in [0.2, 0.25) is 0 Å². The summed E-state index contributed by atoms with van der Waals surface area (Å²) in [6.07, 6.45) is 2.68. The minimum atomic E-state index is -0.467. The molecule has 1 aromatic rings. The van der Waals surface area contributed by atoms with Crippen LogP contribution in [-0.2, 0) is 17.6 Å². The molecule has 17 heavy (non-hydrogen) atoms. The van der Waals surface area contributed by atoms with Crippen molar-refractivity contribution in [2.75, 3.05) is 6.54 Å². The largest absolute Gasteiger partial charge is 0.446 e. The molecule has 0 aliphatic heterocycles. The second kappa shape index (κ2) is 5.70. The molecule has 0 bridgehead atoms. The number of hydrogen-bond donors (Lipinski definition) is 1. The molecular weight excluding hydrogens is 220 g/mol. The molecule has 0 spiro atoms. The van der Waals surface area contributed by atoms with Gasteiger partial charge in [-0.3, -0.25) is 0 Å². The van der Waals surface area contributed by atoms with Gasteiger partial charge < -0.3 is 14.5 Å². The van der Waals surface area contributed by atoms with Crippen LogP contribution in [0, 0.1) is 0 Å². The van der Waals surface area contributed by atoms with E-state index in [9.17, 15) is 4.79 Å². The Morgan fingerprint density at radius 2 is 2.24 bits per heavy atom. The highest BCUT2D eigenvalue weighted by Crippen LogP contribution is 2.07. The van der Waals surface area contributed by atoms with E-state index in [2.05, 4.69) is 10.3 Å². The standard InChI is InChI=1S/C12H20N2O3/c1-5-10-14-8-9(16-10)6-7-13-11(15)17-12(2,3)4/h8H,5-7H2,1-4H3,(H,13,15). The zero-order valence-corrected chi connectivity index (χ0v) is 10.9. The molecular formula is C12H20N2O3. The van der Waals surface area contributed by atoms with Crippen molar-refractivity contribution in [3.05, 3.63) is 17.8 Å². The van der Waals surface area contributed by atoms with E-state index in [1.807, 2.05) is 27.7 Å². The van der Waals surface area contributed by atoms with Crippen LogP contribution in [0.4, 0.5) is 4.79 Å². The summed E-state index contributed by atoms with van der Waals surface area (Å²) in [5.41, 5.74) is -0.467. The van der Waals surface area contributed by atoms with E-state index in [1.54, 1.807) is 6.20 Å². The predicted molar refractivity (Wildman–Crippen MR) is 63.8 cm³/mol. The van der Waals surface area contributed by atoms with Gasteiger partial charge in [0.2, 0.25) is 0 Å². The first kappa shape index (κ1) is 13.5. The van der Waals surface area contributed by atoms with E-state index in [0.717, 1.165) is 18.1 Å². The van der Waals surface area contributed by atoms with Gasteiger partial charge in [0.25, 0.3) is 0 Å². The fourth-order valence-electron chi connectivity index (χ4n) is 1.23. The Morgan fingerprint density at radius 1 is 1.53 bits per heavy atom. The number of carbonyl (C=O) groups excluding carboxylic acids is 1. The summed E-state index contributed by atoms with van der Waals surface area (Å²) in [4.78, 5) is 15.4. The Bertz CT molecular complexity index is 366. The second-order valence-corrected chi connectivity index (χ2v) is 4.75. The molecule has 5 nitrogen and oxygen atoms in total. The molecule has 1 aromatic heterocycles. The third-order valence-electron chi connectivity index (χ3n) is 1.94. The molecule has 1 N–H and O–H groups in total. The van der Waals surface area contributed by atoms with Gasteiger partial charge in [-0.1, -0.05) is 6.92 Å². The average Bonchev–Trinajstić information content (AvgIpc) is 2.63. The molecule has 96 valence electrons. The maximum absolute atomic E-state index is 11.3. The molecule has 0 saturated carbocycles. The molecule has 0 radical (unpaired) electrons. The number of aryl methyl sites for hydroxylation is 1. The number of alkyl carbamates (subject to hydrolysis) is 1. The molecule has 0 aromatic carbocycles. The monoisotopic (exact) mass is 240 g/mol. The van der Waals surface area contributed by atoms with E-state index >= 15 is 0 Å². The molecule has 1 rings (SSSR count). The van der Waals surface area contributed by atoms with Crippen molar-refractivity contribution in [2.45, 2.75) is 46.1 Å². The maximum atomic E-state index is 11.3. The number of ether oxygens (including phenoxy) is 1. The van der Waals surface area contributed by atoms with E-state index in [-0.39, 0.29) is 0 Å². The average molecular weight is 240 g/mol. The fraction of sp³-hybridized carbons (Fsp3) is 0.667. The number of nitrogens with one attached hydrogen (secondary N) is 1. The van der Waals surface area contributed by atoms with Gasteiger partial charge in [0.05, 0.1) is 6.20 Å². The van der Waals surface area contributed by atoms with Gasteiger partial charge in [0.15, 0.2) is 5.89 Å². The Hall–Kier alpha value is -1.52. The highest BCUT2D eigenvalue weighted by Gasteiger charge is 2.15. The van der Waals surface area contributed by atoms with Gasteiger partial charge in [0, 0.05) is 19.4 Å². The van der Waals surface area contributed by atoms with Gasteiger partial charge in [-0.15, -0.1) is 0 Å². The summed E-state index contributed by atoms with van der Waals surface area (Å²) < 4.78 is 10.5. The lowest BCUT2D eigenvalue weighted by Crippen LogP contribution is -2.33. The van der Waals surface area contributed by atoms with Crippen LogP contribution in [0.3, 0.4) is 0 Å². The van der Waals surface area contributed by atoms with Gasteiger partial charge in [-0.2, -0.15) is 0 Å². The maximum Gasteiger partial charge on any atom is 0.407 e. The smallest absolute Gasteiger partial charge is 0.407 e. The number of aromatic nitrogens is 1. The lowest BCUT2D eigenvalue weighted by molar-refractivity contribution is 0.0528. The summed E-state index contributed by atoms with van der Waals surface area (Å²) in [5, 5.41) is 2.67. The highest BCUT2D eigenvalue weighted by molar-refractivity contribution is 5.67. The highest BCUT2D eigenvalue weighted by atomic mass is 16.6. The Balaban J connectivity index is 2.26. The molecule has 0 fully saturated rings. The molecule has 0 unspecified atom stereocenters. The first-order chi connectivity index (χ1) is 7.90. The van der Waals surface area contributed by atoms with Crippen LogP contribution in [0.25, 0.3) is 0 Å². The zero-order valence-electron chi connectivity index (χ0n) is 10.9. The van der Waals surface area contributed by atoms with Crippen LogP contribution >= 0.6 is 0 Å². The summed E-state index contributed by atoms with van der Waals surface area (Å²) in [7, 11) is 0. The third kappa shape index (κ3) is 5.38. The van der Waals surface area contributed by atoms with Crippen LogP contribution in [0.5, 0.6) is 0 Å². The van der Waals surface area contributed by atoms with Crippen LogP contribution in [-0.4, -0.2) is 23.2 Å². The van der Waals surface area contributed by atoms with E-state index < -0.39 is 11.7 Å².